The van der Waals surface area contributed by atoms with Crippen molar-refractivity contribution in [1.82, 2.24) is 10.3 Å². The van der Waals surface area contributed by atoms with Gasteiger partial charge in [-0.2, -0.15) is 0 Å². The normalized spacial score (nSPS) is 11.1. The number of hydrogen-bond acceptors (Lipinski definition) is 3. The molecule has 0 unspecified atom stereocenters. The van der Waals surface area contributed by atoms with Gasteiger partial charge in [0.15, 0.2) is 0 Å². The molecule has 2 nitrogen and oxygen atoms in total. The van der Waals surface area contributed by atoms with Crippen LogP contribution in [0.5, 0.6) is 0 Å². The lowest BCUT2D eigenvalue weighted by molar-refractivity contribution is 0.552. The number of nitrogens with one attached hydrogen (secondary N) is 1. The van der Waals surface area contributed by atoms with Crippen LogP contribution in [0.2, 0.25) is 0 Å². The third-order valence-corrected chi connectivity index (χ3v) is 4.63. The molecule has 2 aromatic rings. The standard InChI is InChI=1S/C17H21BrN2S/c1-12(2)9-19-10-14-4-6-16(13(3)8-14)21-17-7-5-15(18)11-20-17/h4-8,11-12,19H,9-10H2,1-3H3. The number of aryl methyl sites for hydroxylation is 1. The van der Waals surface area contributed by atoms with Crippen LogP contribution in [0, 0.1) is 12.8 Å². The lowest BCUT2D eigenvalue weighted by atomic mass is 10.1. The van der Waals surface area contributed by atoms with E-state index >= 15 is 0 Å². The van der Waals surface area contributed by atoms with Gasteiger partial charge >= 0.3 is 0 Å². The fraction of sp³-hybridized carbons (Fsp3) is 0.353. The summed E-state index contributed by atoms with van der Waals surface area (Å²) in [6, 6.07) is 10.7. The molecule has 0 saturated carbocycles. The Balaban J connectivity index is 2.00. The summed E-state index contributed by atoms with van der Waals surface area (Å²) in [5, 5.41) is 4.50. The molecule has 0 amide bonds. The van der Waals surface area contributed by atoms with Gasteiger partial charge in [-0.05, 0) is 64.6 Å². The van der Waals surface area contributed by atoms with Crippen LogP contribution in [0.15, 0.2) is 50.9 Å². The number of rotatable bonds is 6. The molecule has 1 heterocycles. The zero-order valence-corrected chi connectivity index (χ0v) is 15.1. The molecule has 0 saturated heterocycles. The van der Waals surface area contributed by atoms with Crippen LogP contribution >= 0.6 is 27.7 Å². The molecule has 2 rings (SSSR count). The molecule has 0 aliphatic carbocycles. The molecular weight excluding hydrogens is 344 g/mol. The van der Waals surface area contributed by atoms with E-state index < -0.39 is 0 Å². The van der Waals surface area contributed by atoms with Crippen LogP contribution in [0.1, 0.15) is 25.0 Å². The summed E-state index contributed by atoms with van der Waals surface area (Å²) in [5.74, 6) is 0.685. The number of nitrogens with zero attached hydrogens (tertiary/aromatic N) is 1. The average molecular weight is 365 g/mol. The molecule has 112 valence electrons. The van der Waals surface area contributed by atoms with Crippen LogP contribution in [-0.2, 0) is 6.54 Å². The monoisotopic (exact) mass is 364 g/mol. The molecule has 0 aliphatic rings. The molecule has 0 radical (unpaired) electrons. The molecule has 1 aromatic heterocycles. The summed E-state index contributed by atoms with van der Waals surface area (Å²) < 4.78 is 1.01. The first kappa shape index (κ1) is 16.5. The zero-order valence-electron chi connectivity index (χ0n) is 12.7. The van der Waals surface area contributed by atoms with Crippen molar-refractivity contribution >= 4 is 27.7 Å². The Labute approximate surface area is 139 Å². The van der Waals surface area contributed by atoms with Crippen molar-refractivity contribution < 1.29 is 0 Å². The van der Waals surface area contributed by atoms with Gasteiger partial charge < -0.3 is 5.32 Å². The van der Waals surface area contributed by atoms with Crippen LogP contribution in [0.3, 0.4) is 0 Å². The summed E-state index contributed by atoms with van der Waals surface area (Å²) in [7, 11) is 0. The van der Waals surface area contributed by atoms with E-state index in [0.29, 0.717) is 5.92 Å². The molecule has 0 atom stereocenters. The summed E-state index contributed by atoms with van der Waals surface area (Å²) in [6.45, 7) is 8.60. The number of pyridine rings is 1. The van der Waals surface area contributed by atoms with Crippen LogP contribution < -0.4 is 5.32 Å². The first-order chi connectivity index (χ1) is 10.0. The zero-order chi connectivity index (χ0) is 15.2. The smallest absolute Gasteiger partial charge is 0.101 e. The van der Waals surface area contributed by atoms with Gasteiger partial charge in [0.1, 0.15) is 5.03 Å². The van der Waals surface area contributed by atoms with Crippen molar-refractivity contribution in [3.8, 4) is 0 Å². The van der Waals surface area contributed by atoms with Gasteiger partial charge in [-0.3, -0.25) is 0 Å². The molecule has 1 N–H and O–H groups in total. The van der Waals surface area contributed by atoms with Gasteiger partial charge in [-0.15, -0.1) is 0 Å². The highest BCUT2D eigenvalue weighted by Crippen LogP contribution is 2.29. The molecule has 1 aromatic carbocycles. The summed E-state index contributed by atoms with van der Waals surface area (Å²) in [4.78, 5) is 5.67. The van der Waals surface area contributed by atoms with E-state index in [9.17, 15) is 0 Å². The van der Waals surface area contributed by atoms with Crippen molar-refractivity contribution in [3.05, 3.63) is 52.1 Å². The summed E-state index contributed by atoms with van der Waals surface area (Å²) in [5.41, 5.74) is 2.63. The maximum atomic E-state index is 4.41. The van der Waals surface area contributed by atoms with Gasteiger partial charge in [0.25, 0.3) is 0 Å². The second-order valence-electron chi connectivity index (χ2n) is 5.54. The lowest BCUT2D eigenvalue weighted by Gasteiger charge is -2.10. The van der Waals surface area contributed by atoms with E-state index in [4.69, 9.17) is 0 Å². The second kappa shape index (κ2) is 7.97. The second-order valence-corrected chi connectivity index (χ2v) is 7.52. The summed E-state index contributed by atoms with van der Waals surface area (Å²) >= 11 is 5.12. The highest BCUT2D eigenvalue weighted by Gasteiger charge is 2.04. The van der Waals surface area contributed by atoms with Crippen molar-refractivity contribution in [2.24, 2.45) is 5.92 Å². The largest absolute Gasteiger partial charge is 0.312 e. The predicted octanol–water partition coefficient (Wildman–Crippen LogP) is 5.05. The Morgan fingerprint density at radius 2 is 2.05 bits per heavy atom. The van der Waals surface area contributed by atoms with Crippen molar-refractivity contribution in [2.75, 3.05) is 6.54 Å². The maximum Gasteiger partial charge on any atom is 0.101 e. The molecule has 0 fully saturated rings. The third kappa shape index (κ3) is 5.46. The molecular formula is C17H21BrN2S. The average Bonchev–Trinajstić information content (AvgIpc) is 2.44. The SMILES string of the molecule is Cc1cc(CNCC(C)C)ccc1Sc1ccc(Br)cn1. The highest BCUT2D eigenvalue weighted by atomic mass is 79.9. The summed E-state index contributed by atoms with van der Waals surface area (Å²) in [6.07, 6.45) is 1.84. The minimum atomic E-state index is 0.685. The Morgan fingerprint density at radius 1 is 1.24 bits per heavy atom. The van der Waals surface area contributed by atoms with Gasteiger partial charge in [-0.1, -0.05) is 37.7 Å². The molecule has 4 heteroatoms. The van der Waals surface area contributed by atoms with Crippen LogP contribution in [0.25, 0.3) is 0 Å². The first-order valence-corrected chi connectivity index (χ1v) is 8.75. The highest BCUT2D eigenvalue weighted by molar-refractivity contribution is 9.10. The minimum Gasteiger partial charge on any atom is -0.312 e. The molecule has 21 heavy (non-hydrogen) atoms. The van der Waals surface area contributed by atoms with E-state index in [1.165, 1.54) is 16.0 Å². The van der Waals surface area contributed by atoms with Crippen molar-refractivity contribution in [2.45, 2.75) is 37.2 Å². The fourth-order valence-electron chi connectivity index (χ4n) is 1.98. The van der Waals surface area contributed by atoms with Gasteiger partial charge in [0.2, 0.25) is 0 Å². The van der Waals surface area contributed by atoms with Crippen molar-refractivity contribution in [1.29, 1.82) is 0 Å². The number of halogens is 1. The van der Waals surface area contributed by atoms with Gasteiger partial charge in [-0.25, -0.2) is 4.98 Å². The Kier molecular flexibility index (Phi) is 6.27. The fourth-order valence-corrected chi connectivity index (χ4v) is 3.03. The first-order valence-electron chi connectivity index (χ1n) is 7.14. The van der Waals surface area contributed by atoms with Gasteiger partial charge in [0.05, 0.1) is 0 Å². The van der Waals surface area contributed by atoms with Crippen molar-refractivity contribution in [3.63, 3.8) is 0 Å². The van der Waals surface area contributed by atoms with E-state index in [1.807, 2.05) is 18.3 Å². The van der Waals surface area contributed by atoms with Crippen LogP contribution in [0.4, 0.5) is 0 Å². The lowest BCUT2D eigenvalue weighted by Crippen LogP contribution is -2.18. The number of benzene rings is 1. The van der Waals surface area contributed by atoms with Crippen LogP contribution in [-0.4, -0.2) is 11.5 Å². The number of hydrogen-bond donors (Lipinski definition) is 1. The minimum absolute atomic E-state index is 0.685. The molecule has 0 spiro atoms. The van der Waals surface area contributed by atoms with E-state index in [1.54, 1.807) is 11.8 Å². The van der Waals surface area contributed by atoms with E-state index in [-0.39, 0.29) is 0 Å². The molecule has 0 aliphatic heterocycles. The number of aromatic nitrogens is 1. The Bertz CT molecular complexity index is 582. The Hall–Kier alpha value is -0.840. The Morgan fingerprint density at radius 3 is 2.67 bits per heavy atom. The van der Waals surface area contributed by atoms with Gasteiger partial charge in [0, 0.05) is 22.1 Å². The maximum absolute atomic E-state index is 4.41. The molecule has 0 bridgehead atoms. The topological polar surface area (TPSA) is 24.9 Å². The van der Waals surface area contributed by atoms with E-state index in [0.717, 1.165) is 22.6 Å². The third-order valence-electron chi connectivity index (χ3n) is 3.04. The quantitative estimate of drug-likeness (QED) is 0.776. The predicted molar refractivity (Wildman–Crippen MR) is 93.8 cm³/mol. The van der Waals surface area contributed by atoms with E-state index in [2.05, 4.69) is 65.2 Å².